The number of ether oxygens (including phenoxy) is 1. The van der Waals surface area contributed by atoms with Crippen molar-refractivity contribution in [2.75, 3.05) is 0 Å². The van der Waals surface area contributed by atoms with E-state index in [1.165, 1.54) is 6.42 Å². The Balaban J connectivity index is 1.55. The summed E-state index contributed by atoms with van der Waals surface area (Å²) >= 11 is 0. The van der Waals surface area contributed by atoms with Crippen molar-refractivity contribution < 1.29 is 19.4 Å². The second-order valence-electron chi connectivity index (χ2n) is 13.5. The van der Waals surface area contributed by atoms with Gasteiger partial charge in [-0.05, 0) is 73.7 Å². The molecule has 0 aromatic carbocycles. The number of esters is 1. The summed E-state index contributed by atoms with van der Waals surface area (Å²) < 4.78 is 6.41. The maximum Gasteiger partial charge on any atom is 0.312 e. The molecule has 0 amide bonds. The Morgan fingerprint density at radius 3 is 2.30 bits per heavy atom. The Kier molecular flexibility index (Phi) is 5.30. The van der Waals surface area contributed by atoms with Gasteiger partial charge < -0.3 is 9.84 Å². The average molecular weight is 457 g/mol. The molecule has 0 heterocycles. The SMILES string of the molecule is CC1=C[C@]23C(=O)[C@@H]([C@H](O)[C@H](C)[C@@H](C)[C@@H]2[C@H]1OC(=O)C1(C)CCCCC1)[C@H]1[C@@H](C[C@H]3C)C1(C)C. The van der Waals surface area contributed by atoms with Crippen LogP contribution in [0.25, 0.3) is 0 Å². The Labute approximate surface area is 199 Å². The highest BCUT2D eigenvalue weighted by Crippen LogP contribution is 2.72. The molecule has 0 aromatic rings. The van der Waals surface area contributed by atoms with Crippen LogP contribution in [0.2, 0.25) is 0 Å². The van der Waals surface area contributed by atoms with Crippen LogP contribution in [0, 0.1) is 57.7 Å². The molecule has 5 aliphatic carbocycles. The van der Waals surface area contributed by atoms with Crippen LogP contribution in [-0.4, -0.2) is 29.1 Å². The molecule has 4 heteroatoms. The number of aliphatic hydroxyl groups excluding tert-OH is 1. The number of carbonyl (C=O) groups excluding carboxylic acids is 2. The topological polar surface area (TPSA) is 63.6 Å². The largest absolute Gasteiger partial charge is 0.457 e. The molecule has 184 valence electrons. The van der Waals surface area contributed by atoms with E-state index in [1.807, 2.05) is 0 Å². The zero-order chi connectivity index (χ0) is 24.1. The van der Waals surface area contributed by atoms with Crippen LogP contribution in [0.15, 0.2) is 11.6 Å². The molecule has 0 saturated heterocycles. The van der Waals surface area contributed by atoms with Gasteiger partial charge in [-0.3, -0.25) is 9.59 Å². The van der Waals surface area contributed by atoms with Crippen LogP contribution in [0.5, 0.6) is 0 Å². The van der Waals surface area contributed by atoms with Gasteiger partial charge in [-0.15, -0.1) is 0 Å². The van der Waals surface area contributed by atoms with Gasteiger partial charge in [0.25, 0.3) is 0 Å². The van der Waals surface area contributed by atoms with Crippen molar-refractivity contribution in [3.05, 3.63) is 11.6 Å². The maximum atomic E-state index is 14.5. The van der Waals surface area contributed by atoms with Gasteiger partial charge in [-0.1, -0.05) is 60.0 Å². The first-order valence-corrected chi connectivity index (χ1v) is 13.5. The van der Waals surface area contributed by atoms with Crippen molar-refractivity contribution in [3.63, 3.8) is 0 Å². The highest BCUT2D eigenvalue weighted by molar-refractivity contribution is 5.93. The molecule has 0 aliphatic heterocycles. The van der Waals surface area contributed by atoms with Gasteiger partial charge in [0, 0.05) is 11.8 Å². The molecule has 0 radical (unpaired) electrons. The maximum absolute atomic E-state index is 14.5. The molecular formula is C29H44O4. The fourth-order valence-corrected chi connectivity index (χ4v) is 9.02. The molecule has 1 spiro atoms. The summed E-state index contributed by atoms with van der Waals surface area (Å²) in [5.74, 6) is 0.718. The van der Waals surface area contributed by atoms with Crippen LogP contribution >= 0.6 is 0 Å². The smallest absolute Gasteiger partial charge is 0.312 e. The zero-order valence-corrected chi connectivity index (χ0v) is 21.7. The lowest BCUT2D eigenvalue weighted by Gasteiger charge is -2.43. The minimum Gasteiger partial charge on any atom is -0.457 e. The van der Waals surface area contributed by atoms with Crippen LogP contribution in [0.4, 0.5) is 0 Å². The fraction of sp³-hybridized carbons (Fsp3) is 0.862. The summed E-state index contributed by atoms with van der Waals surface area (Å²) in [5.41, 5.74) is 0.0957. The lowest BCUT2D eigenvalue weighted by molar-refractivity contribution is -0.167. The van der Waals surface area contributed by atoms with E-state index in [9.17, 15) is 14.7 Å². The number of aliphatic hydroxyl groups is 1. The number of ketones is 1. The van der Waals surface area contributed by atoms with E-state index in [0.29, 0.717) is 5.92 Å². The molecule has 4 nitrogen and oxygen atoms in total. The number of Topliss-reactive ketones (excluding diaryl/α,β-unsaturated/α-hetero) is 1. The molecule has 0 unspecified atom stereocenters. The molecule has 1 N–H and O–H groups in total. The van der Waals surface area contributed by atoms with Gasteiger partial charge in [-0.25, -0.2) is 0 Å². The third kappa shape index (κ3) is 3.04. The van der Waals surface area contributed by atoms with Gasteiger partial charge in [-0.2, -0.15) is 0 Å². The molecular weight excluding hydrogens is 412 g/mol. The Morgan fingerprint density at radius 1 is 1.03 bits per heavy atom. The van der Waals surface area contributed by atoms with Crippen molar-refractivity contribution in [2.24, 2.45) is 57.7 Å². The predicted molar refractivity (Wildman–Crippen MR) is 128 cm³/mol. The van der Waals surface area contributed by atoms with Crippen LogP contribution in [-0.2, 0) is 14.3 Å². The highest BCUT2D eigenvalue weighted by atomic mass is 16.5. The molecule has 2 bridgehead atoms. The Bertz CT molecular complexity index is 880. The summed E-state index contributed by atoms with van der Waals surface area (Å²) in [5, 5.41) is 11.5. The molecule has 0 aromatic heterocycles. The Hall–Kier alpha value is -1.16. The summed E-state index contributed by atoms with van der Waals surface area (Å²) in [4.78, 5) is 28.0. The normalized spacial score (nSPS) is 49.8. The summed E-state index contributed by atoms with van der Waals surface area (Å²) in [6.45, 7) is 15.2. The quantitative estimate of drug-likeness (QED) is 0.435. The molecule has 5 rings (SSSR count). The van der Waals surface area contributed by atoms with Crippen molar-refractivity contribution in [3.8, 4) is 0 Å². The fourth-order valence-electron chi connectivity index (χ4n) is 9.02. The van der Waals surface area contributed by atoms with Crippen LogP contribution < -0.4 is 0 Å². The van der Waals surface area contributed by atoms with E-state index in [-0.39, 0.29) is 58.8 Å². The third-order valence-electron chi connectivity index (χ3n) is 11.5. The number of hydrogen-bond acceptors (Lipinski definition) is 4. The van der Waals surface area contributed by atoms with E-state index in [4.69, 9.17) is 4.74 Å². The average Bonchev–Trinajstić information content (AvgIpc) is 3.18. The van der Waals surface area contributed by atoms with E-state index >= 15 is 0 Å². The van der Waals surface area contributed by atoms with Gasteiger partial charge >= 0.3 is 5.97 Å². The monoisotopic (exact) mass is 456 g/mol. The third-order valence-corrected chi connectivity index (χ3v) is 11.5. The van der Waals surface area contributed by atoms with Gasteiger partial charge in [0.05, 0.1) is 16.9 Å². The first-order valence-electron chi connectivity index (χ1n) is 13.5. The molecule has 4 saturated carbocycles. The van der Waals surface area contributed by atoms with Crippen LogP contribution in [0.3, 0.4) is 0 Å². The summed E-state index contributed by atoms with van der Waals surface area (Å²) in [7, 11) is 0. The van der Waals surface area contributed by atoms with E-state index < -0.39 is 16.9 Å². The molecule has 10 atom stereocenters. The van der Waals surface area contributed by atoms with Gasteiger partial charge in [0.2, 0.25) is 0 Å². The van der Waals surface area contributed by atoms with E-state index in [0.717, 1.165) is 37.7 Å². The van der Waals surface area contributed by atoms with Crippen LogP contribution in [0.1, 0.15) is 87.0 Å². The predicted octanol–water partition coefficient (Wildman–Crippen LogP) is 5.58. The number of rotatable bonds is 2. The molecule has 4 fully saturated rings. The second-order valence-corrected chi connectivity index (χ2v) is 13.5. The van der Waals surface area contributed by atoms with Crippen molar-refractivity contribution in [1.29, 1.82) is 0 Å². The zero-order valence-electron chi connectivity index (χ0n) is 21.7. The van der Waals surface area contributed by atoms with Gasteiger partial charge in [0.1, 0.15) is 11.9 Å². The summed E-state index contributed by atoms with van der Waals surface area (Å²) in [6, 6.07) is 0. The first-order chi connectivity index (χ1) is 15.4. The first kappa shape index (κ1) is 23.6. The van der Waals surface area contributed by atoms with Gasteiger partial charge in [0.15, 0.2) is 0 Å². The number of carbonyl (C=O) groups is 2. The molecule has 33 heavy (non-hydrogen) atoms. The van der Waals surface area contributed by atoms with E-state index in [2.05, 4.69) is 54.5 Å². The Morgan fingerprint density at radius 2 is 1.67 bits per heavy atom. The van der Waals surface area contributed by atoms with Crippen molar-refractivity contribution in [2.45, 2.75) is 99.2 Å². The molecule has 5 aliphatic rings. The minimum absolute atomic E-state index is 0.0149. The summed E-state index contributed by atoms with van der Waals surface area (Å²) in [6.07, 6.45) is 7.32. The standard InChI is InChI=1S/C29H44O4/c1-15-14-29-16(2)13-19-22(27(19,5)6)20(25(29)31)23(30)18(4)17(3)21(29)24(15)33-26(32)28(7)11-9-8-10-12-28/h14,16-24,30H,8-13H2,1-7H3/t16-,17-,18-,19-,20-,21-,22-,23-,24+,29-/m1/s1. The van der Waals surface area contributed by atoms with Crippen molar-refractivity contribution in [1.82, 2.24) is 0 Å². The lowest BCUT2D eigenvalue weighted by Crippen LogP contribution is -2.49. The second kappa shape index (κ2) is 7.42. The van der Waals surface area contributed by atoms with Crippen molar-refractivity contribution >= 4 is 11.8 Å². The van der Waals surface area contributed by atoms with E-state index in [1.54, 1.807) is 0 Å². The number of fused-ring (bicyclic) bond motifs is 3. The highest BCUT2D eigenvalue weighted by Gasteiger charge is 2.73. The minimum atomic E-state index is -0.637. The number of hydrogen-bond donors (Lipinski definition) is 1. The number of allylic oxidation sites excluding steroid dienone is 1. The lowest BCUT2D eigenvalue weighted by atomic mass is 9.60.